The summed E-state index contributed by atoms with van der Waals surface area (Å²) in [5.74, 6) is 0.000547. The molecule has 6 heteroatoms. The largest absolute Gasteiger partial charge is 0.328 e. The maximum absolute atomic E-state index is 14.2. The van der Waals surface area contributed by atoms with Gasteiger partial charge in [0.15, 0.2) is 0 Å². The van der Waals surface area contributed by atoms with Crippen LogP contribution in [0.4, 0.5) is 5.69 Å². The Morgan fingerprint density at radius 3 is 1.97 bits per heavy atom. The normalized spacial score (nSPS) is 16.4. The predicted octanol–water partition coefficient (Wildman–Crippen LogP) is 7.35. The summed E-state index contributed by atoms with van der Waals surface area (Å²) in [6.45, 7) is 0.322. The van der Waals surface area contributed by atoms with Gasteiger partial charge in [-0.15, -0.1) is 0 Å². The van der Waals surface area contributed by atoms with Crippen LogP contribution in [0, 0.1) is 0 Å². The molecule has 1 unspecified atom stereocenters. The first kappa shape index (κ1) is 21.8. The highest BCUT2D eigenvalue weighted by Gasteiger charge is 2.62. The Labute approximate surface area is 202 Å². The van der Waals surface area contributed by atoms with E-state index in [0.717, 1.165) is 22.3 Å². The van der Waals surface area contributed by atoms with Crippen LogP contribution in [0.25, 0.3) is 10.4 Å². The van der Waals surface area contributed by atoms with Gasteiger partial charge >= 0.3 is 0 Å². The number of benzene rings is 4. The minimum Gasteiger partial charge on any atom is -0.328 e. The summed E-state index contributed by atoms with van der Waals surface area (Å²) in [5.41, 5.74) is 12.3. The van der Waals surface area contributed by atoms with Gasteiger partial charge in [-0.25, -0.2) is 0 Å². The number of carbonyl (C=O) groups excluding carboxylic acids is 1. The Kier molecular flexibility index (Phi) is 5.81. The molecule has 0 radical (unpaired) electrons. The summed E-state index contributed by atoms with van der Waals surface area (Å²) in [7, 11) is 0. The van der Waals surface area contributed by atoms with E-state index in [4.69, 9.17) is 17.1 Å². The molecule has 4 aromatic carbocycles. The van der Waals surface area contributed by atoms with Crippen LogP contribution in [0.5, 0.6) is 0 Å². The van der Waals surface area contributed by atoms with E-state index in [1.165, 1.54) is 0 Å². The molecule has 5 nitrogen and oxygen atoms in total. The Morgan fingerprint density at radius 1 is 0.824 bits per heavy atom. The van der Waals surface area contributed by atoms with Crippen molar-refractivity contribution in [3.8, 4) is 0 Å². The Hall–Kier alpha value is -4.05. The third-order valence-corrected chi connectivity index (χ3v) is 6.70. The van der Waals surface area contributed by atoms with Gasteiger partial charge in [-0.1, -0.05) is 114 Å². The van der Waals surface area contributed by atoms with E-state index >= 15 is 0 Å². The lowest BCUT2D eigenvalue weighted by Crippen LogP contribution is -2.66. The first-order chi connectivity index (χ1) is 16.7. The molecule has 1 heterocycles. The zero-order valence-electron chi connectivity index (χ0n) is 18.3. The van der Waals surface area contributed by atoms with Crippen LogP contribution in [-0.4, -0.2) is 10.8 Å². The fourth-order valence-corrected chi connectivity index (χ4v) is 5.10. The average molecular weight is 465 g/mol. The minimum absolute atomic E-state index is 0.000547. The molecular formula is C28H21ClN4O. The topological polar surface area (TPSA) is 69.1 Å². The van der Waals surface area contributed by atoms with Crippen molar-refractivity contribution in [1.29, 1.82) is 0 Å². The molecule has 0 spiro atoms. The maximum Gasteiger partial charge on any atom is 0.241 e. The van der Waals surface area contributed by atoms with E-state index in [2.05, 4.69) is 10.0 Å². The van der Waals surface area contributed by atoms with Gasteiger partial charge in [-0.05, 0) is 39.9 Å². The fraction of sp³-hybridized carbons (Fsp3) is 0.107. The van der Waals surface area contributed by atoms with Gasteiger partial charge in [0.2, 0.25) is 5.91 Å². The number of nitrogens with zero attached hydrogens (tertiary/aromatic N) is 4. The molecule has 166 valence electrons. The van der Waals surface area contributed by atoms with Crippen molar-refractivity contribution in [2.75, 3.05) is 0 Å². The van der Waals surface area contributed by atoms with Crippen molar-refractivity contribution in [2.24, 2.45) is 5.11 Å². The second kappa shape index (κ2) is 9.06. The molecule has 0 bridgehead atoms. The number of amides is 1. The molecule has 1 saturated heterocycles. The van der Waals surface area contributed by atoms with Crippen LogP contribution >= 0.6 is 11.6 Å². The molecule has 1 amide bonds. The second-order valence-electron chi connectivity index (χ2n) is 8.25. The highest BCUT2D eigenvalue weighted by molar-refractivity contribution is 6.30. The van der Waals surface area contributed by atoms with Crippen LogP contribution in [0.2, 0.25) is 5.02 Å². The number of hydrogen-bond donors (Lipinski definition) is 0. The number of rotatable bonds is 6. The lowest BCUT2D eigenvalue weighted by Gasteiger charge is -2.57. The van der Waals surface area contributed by atoms with Gasteiger partial charge in [0, 0.05) is 22.2 Å². The summed E-state index contributed by atoms with van der Waals surface area (Å²) in [6, 6.07) is 34.6. The van der Waals surface area contributed by atoms with E-state index in [1.54, 1.807) is 6.07 Å². The number of azide groups is 1. The summed E-state index contributed by atoms with van der Waals surface area (Å²) in [4.78, 5) is 19.0. The van der Waals surface area contributed by atoms with E-state index in [1.807, 2.05) is 108 Å². The predicted molar refractivity (Wildman–Crippen MR) is 134 cm³/mol. The zero-order chi connectivity index (χ0) is 23.5. The van der Waals surface area contributed by atoms with Gasteiger partial charge in [0.1, 0.15) is 5.41 Å². The summed E-state index contributed by atoms with van der Waals surface area (Å²) >= 11 is 6.21. The minimum atomic E-state index is -0.885. The van der Waals surface area contributed by atoms with Crippen LogP contribution < -0.4 is 0 Å². The van der Waals surface area contributed by atoms with Gasteiger partial charge in [-0.2, -0.15) is 0 Å². The van der Waals surface area contributed by atoms with Crippen LogP contribution in [0.3, 0.4) is 0 Å². The van der Waals surface area contributed by atoms with Crippen molar-refractivity contribution in [3.63, 3.8) is 0 Å². The Morgan fingerprint density at radius 2 is 1.38 bits per heavy atom. The van der Waals surface area contributed by atoms with Crippen LogP contribution in [0.1, 0.15) is 28.3 Å². The van der Waals surface area contributed by atoms with Crippen molar-refractivity contribution in [2.45, 2.75) is 18.0 Å². The molecule has 4 aromatic rings. The highest BCUT2D eigenvalue weighted by atomic mass is 35.5. The third-order valence-electron chi connectivity index (χ3n) is 6.45. The van der Waals surface area contributed by atoms with Crippen molar-refractivity contribution in [3.05, 3.63) is 147 Å². The number of carbonyl (C=O) groups is 1. The number of likely N-dealkylation sites (tertiary alicyclic amines) is 1. The Bertz CT molecular complexity index is 1330. The van der Waals surface area contributed by atoms with Gasteiger partial charge < -0.3 is 4.90 Å². The fourth-order valence-electron chi connectivity index (χ4n) is 4.97. The van der Waals surface area contributed by atoms with Crippen molar-refractivity contribution < 1.29 is 4.79 Å². The van der Waals surface area contributed by atoms with Gasteiger partial charge in [0.25, 0.3) is 0 Å². The molecule has 0 N–H and O–H groups in total. The van der Waals surface area contributed by atoms with Gasteiger partial charge in [-0.3, -0.25) is 4.79 Å². The molecule has 1 aliphatic rings. The number of hydrogen-bond acceptors (Lipinski definition) is 2. The summed E-state index contributed by atoms with van der Waals surface area (Å²) in [6.07, 6.45) is 0. The molecule has 34 heavy (non-hydrogen) atoms. The van der Waals surface area contributed by atoms with Crippen molar-refractivity contribution >= 4 is 23.2 Å². The SMILES string of the molecule is [N-]=[N+]=Nc1ccccc1CN1C(=O)C(c2ccccc2)(c2ccccc2)C1c1ccc(Cl)cc1. The van der Waals surface area contributed by atoms with Crippen molar-refractivity contribution in [1.82, 2.24) is 4.90 Å². The summed E-state index contributed by atoms with van der Waals surface area (Å²) < 4.78 is 0. The number of halogens is 1. The zero-order valence-corrected chi connectivity index (χ0v) is 19.0. The smallest absolute Gasteiger partial charge is 0.241 e. The first-order valence-corrected chi connectivity index (χ1v) is 11.3. The standard InChI is InChI=1S/C28H21ClN4O/c29-24-17-15-20(16-18-24)26-28(22-10-3-1-4-11-22,23-12-5-2-6-13-23)27(34)33(26)19-21-9-7-8-14-25(21)31-32-30/h1-18,26H,19H2. The third kappa shape index (κ3) is 3.52. The monoisotopic (exact) mass is 464 g/mol. The summed E-state index contributed by atoms with van der Waals surface area (Å²) in [5, 5.41) is 4.47. The molecule has 5 rings (SSSR count). The second-order valence-corrected chi connectivity index (χ2v) is 8.68. The van der Waals surface area contributed by atoms with Crippen LogP contribution in [0.15, 0.2) is 114 Å². The van der Waals surface area contributed by atoms with E-state index in [9.17, 15) is 4.79 Å². The first-order valence-electron chi connectivity index (χ1n) is 11.0. The molecule has 1 aliphatic heterocycles. The molecule has 1 fully saturated rings. The average Bonchev–Trinajstić information content (AvgIpc) is 2.88. The molecular weight excluding hydrogens is 444 g/mol. The molecule has 0 aliphatic carbocycles. The van der Waals surface area contributed by atoms with Gasteiger partial charge in [0.05, 0.1) is 6.04 Å². The maximum atomic E-state index is 14.2. The van der Waals surface area contributed by atoms with E-state index in [0.29, 0.717) is 17.3 Å². The number of β-lactam (4-membered cyclic amide) rings is 1. The van der Waals surface area contributed by atoms with E-state index in [-0.39, 0.29) is 11.9 Å². The Balaban J connectivity index is 1.70. The lowest BCUT2D eigenvalue weighted by molar-refractivity contribution is -0.159. The molecule has 0 saturated carbocycles. The molecule has 0 aromatic heterocycles. The highest BCUT2D eigenvalue weighted by Crippen LogP contribution is 2.56. The lowest BCUT2D eigenvalue weighted by atomic mass is 9.59. The van der Waals surface area contributed by atoms with Crippen LogP contribution in [-0.2, 0) is 16.8 Å². The van der Waals surface area contributed by atoms with E-state index < -0.39 is 5.41 Å². The quantitative estimate of drug-likeness (QED) is 0.127. The molecule has 1 atom stereocenters.